The van der Waals surface area contributed by atoms with E-state index in [4.69, 9.17) is 9.72 Å². The van der Waals surface area contributed by atoms with Crippen molar-refractivity contribution in [3.8, 4) is 50.7 Å². The van der Waals surface area contributed by atoms with E-state index < -0.39 is 12.8 Å². The van der Waals surface area contributed by atoms with Gasteiger partial charge < -0.3 is 0 Å². The minimum Gasteiger partial charge on any atom is 0 e. The molecule has 2 aromatic heterocycles. The van der Waals surface area contributed by atoms with Crippen molar-refractivity contribution >= 4 is 66.0 Å². The van der Waals surface area contributed by atoms with Gasteiger partial charge in [-0.3, -0.25) is 0 Å². The number of ether oxygens (including phenoxy) is 1. The Morgan fingerprint density at radius 2 is 1.21 bits per heavy atom. The standard InChI is InChI=1S/C64H47N4OSe.Pt/c1-64(2,3)44-35-36-65-60(37-44)68-54-31-18-34-58-61(54)62-55(68)39-47(40-59(62)70(58)56-32-14-10-25-50(56)51-26-11-15-33-57(51)70)69-46-24-16-23-45(38-46)66-41-67(53-30-13-12-29-52(53)66)63-48(42-19-6-4-7-20-42)27-17-28-49(63)43-21-8-5-9-22-43;/h4-33,35-37,40-41,58H,34H2,1-3H3;/q-3;. The number of fused-ring (bicyclic) bond motifs is 8. The van der Waals surface area contributed by atoms with Crippen molar-refractivity contribution in [1.29, 1.82) is 0 Å². The molecule has 0 saturated heterocycles. The van der Waals surface area contributed by atoms with Gasteiger partial charge in [0, 0.05) is 21.1 Å². The third-order valence-corrected chi connectivity index (χ3v) is 23.9. The third kappa shape index (κ3) is 6.58. The zero-order chi connectivity index (χ0) is 46.7. The molecule has 7 heteroatoms. The summed E-state index contributed by atoms with van der Waals surface area (Å²) in [6, 6.07) is 75.7. The van der Waals surface area contributed by atoms with Crippen LogP contribution < -0.4 is 27.9 Å². The van der Waals surface area contributed by atoms with Gasteiger partial charge in [0.05, 0.1) is 0 Å². The molecule has 0 saturated carbocycles. The maximum Gasteiger partial charge on any atom is 0 e. The summed E-state index contributed by atoms with van der Waals surface area (Å²) in [5.74, 6) is 2.21. The Kier molecular flexibility index (Phi) is 10.3. The van der Waals surface area contributed by atoms with Gasteiger partial charge in [-0.25, -0.2) is 0 Å². The fraction of sp³-hybridized carbons (Fsp3) is 0.0938. The van der Waals surface area contributed by atoms with Gasteiger partial charge in [0.15, 0.2) is 0 Å². The summed E-state index contributed by atoms with van der Waals surface area (Å²) in [6.45, 7) is 9.00. The first-order chi connectivity index (χ1) is 34.4. The molecule has 0 amide bonds. The average molecular weight is 1160 g/mol. The van der Waals surface area contributed by atoms with E-state index in [1.807, 2.05) is 12.3 Å². The molecular formula is C64H47N4OPtSe-3. The summed E-state index contributed by atoms with van der Waals surface area (Å²) < 4.78 is 13.9. The SMILES string of the molecule is CC(C)(C)c1ccnc(-n2c3c4c5c(cc(Oc6[c-]c(N7[CH-]N(c8c(-c9ccccc9)cccc8-c8ccccc8)c8ccccc87)ccc6)[c-]c52)[Se]2(c5ccccc5-c5ccccc52)C4CC=C3)c1.[Pt]. The van der Waals surface area contributed by atoms with Crippen molar-refractivity contribution in [3.63, 3.8) is 0 Å². The predicted octanol–water partition coefficient (Wildman–Crippen LogP) is 14.0. The van der Waals surface area contributed by atoms with Crippen molar-refractivity contribution in [3.05, 3.63) is 236 Å². The van der Waals surface area contributed by atoms with Crippen LogP contribution in [0, 0.1) is 18.8 Å². The molecule has 5 heterocycles. The van der Waals surface area contributed by atoms with Gasteiger partial charge >= 0.3 is 324 Å². The third-order valence-electron chi connectivity index (χ3n) is 14.6. The van der Waals surface area contributed by atoms with Gasteiger partial charge in [-0.15, -0.1) is 0 Å². The first-order valence-electron chi connectivity index (χ1n) is 24.1. The number of pyridine rings is 1. The number of aromatic nitrogens is 2. The van der Waals surface area contributed by atoms with Crippen molar-refractivity contribution < 1.29 is 25.8 Å². The van der Waals surface area contributed by atoms with Gasteiger partial charge in [-0.1, -0.05) is 78.9 Å². The molecule has 71 heavy (non-hydrogen) atoms. The van der Waals surface area contributed by atoms with E-state index in [-0.39, 0.29) is 26.5 Å². The predicted molar refractivity (Wildman–Crippen MR) is 289 cm³/mol. The second-order valence-electron chi connectivity index (χ2n) is 19.6. The van der Waals surface area contributed by atoms with E-state index in [1.165, 1.54) is 46.7 Å². The van der Waals surface area contributed by atoms with E-state index in [1.54, 1.807) is 0 Å². The molecule has 14 rings (SSSR count). The Labute approximate surface area is 432 Å². The summed E-state index contributed by atoms with van der Waals surface area (Å²) in [5, 5.41) is 1.32. The van der Waals surface area contributed by atoms with Gasteiger partial charge in [0.1, 0.15) is 0 Å². The fourth-order valence-corrected chi connectivity index (χ4v) is 22.3. The van der Waals surface area contributed by atoms with E-state index in [9.17, 15) is 0 Å². The number of allylic oxidation sites excluding steroid dienone is 1. The maximum absolute atomic E-state index is 7.16. The summed E-state index contributed by atoms with van der Waals surface area (Å²) in [7, 11) is 0. The quantitative estimate of drug-likeness (QED) is 0.118. The van der Waals surface area contributed by atoms with Crippen molar-refractivity contribution in [2.24, 2.45) is 0 Å². The maximum atomic E-state index is 7.16. The van der Waals surface area contributed by atoms with Crippen LogP contribution in [0.3, 0.4) is 0 Å². The van der Waals surface area contributed by atoms with E-state index in [0.29, 0.717) is 16.3 Å². The summed E-state index contributed by atoms with van der Waals surface area (Å²) >= 11 is -2.95. The van der Waals surface area contributed by atoms with Crippen molar-refractivity contribution in [1.82, 2.24) is 9.55 Å². The van der Waals surface area contributed by atoms with Gasteiger partial charge in [0.2, 0.25) is 0 Å². The number of hydrogen-bond acceptors (Lipinski definition) is 4. The number of para-hydroxylation sites is 3. The molecule has 1 spiro atoms. The number of nitrogens with zero attached hydrogens (tertiary/aromatic N) is 4. The Bertz CT molecular complexity index is 3680. The number of rotatable bonds is 7. The second-order valence-corrected chi connectivity index (χ2v) is 26.3. The Hall–Kier alpha value is -7.20. The van der Waals surface area contributed by atoms with Crippen LogP contribution in [0.5, 0.6) is 11.5 Å². The Morgan fingerprint density at radius 1 is 0.606 bits per heavy atom. The molecule has 348 valence electrons. The smallest absolute Gasteiger partial charge is 0 e. The van der Waals surface area contributed by atoms with E-state index in [2.05, 4.69) is 248 Å². The molecule has 8 aromatic carbocycles. The molecule has 0 N–H and O–H groups in total. The van der Waals surface area contributed by atoms with Crippen LogP contribution in [0.25, 0.3) is 56.2 Å². The van der Waals surface area contributed by atoms with Gasteiger partial charge in [0.25, 0.3) is 0 Å². The van der Waals surface area contributed by atoms with Crippen LogP contribution >= 0.6 is 0 Å². The number of anilines is 4. The van der Waals surface area contributed by atoms with Gasteiger partial charge in [-0.2, -0.15) is 0 Å². The largest absolute Gasteiger partial charge is 0 e. The summed E-state index contributed by atoms with van der Waals surface area (Å²) in [5.41, 5.74) is 16.3. The van der Waals surface area contributed by atoms with Crippen LogP contribution in [-0.4, -0.2) is 22.4 Å². The molecular weight excluding hydrogens is 1110 g/mol. The molecule has 1 unspecified atom stereocenters. The summed E-state index contributed by atoms with van der Waals surface area (Å²) in [4.78, 5) is 9.99. The normalized spacial score (nSPS) is 15.9. The molecule has 0 fully saturated rings. The molecule has 1 aliphatic carbocycles. The molecule has 0 bridgehead atoms. The topological polar surface area (TPSA) is 33.5 Å². The zero-order valence-corrected chi connectivity index (χ0v) is 43.4. The van der Waals surface area contributed by atoms with Gasteiger partial charge in [-0.05, 0) is 11.1 Å². The first-order valence-corrected chi connectivity index (χ1v) is 27.7. The van der Waals surface area contributed by atoms with E-state index >= 15 is 0 Å². The fourth-order valence-electron chi connectivity index (χ4n) is 11.6. The Balaban J connectivity index is 0.00000492. The molecule has 4 aliphatic rings. The van der Waals surface area contributed by atoms with Crippen LogP contribution in [-0.2, 0) is 26.5 Å². The summed E-state index contributed by atoms with van der Waals surface area (Å²) in [6.07, 6.45) is 7.70. The number of benzene rings is 8. The van der Waals surface area contributed by atoms with Crippen molar-refractivity contribution in [2.75, 3.05) is 9.80 Å². The second kappa shape index (κ2) is 16.7. The van der Waals surface area contributed by atoms with Crippen LogP contribution in [0.4, 0.5) is 22.7 Å². The monoisotopic (exact) mass is 1160 g/mol. The molecule has 3 aliphatic heterocycles. The molecule has 1 atom stereocenters. The Morgan fingerprint density at radius 3 is 1.89 bits per heavy atom. The first kappa shape index (κ1) is 43.8. The minimum atomic E-state index is -2.95. The number of hydrogen-bond donors (Lipinski definition) is 0. The average Bonchev–Trinajstić information content (AvgIpc) is 4.14. The van der Waals surface area contributed by atoms with Crippen LogP contribution in [0.2, 0.25) is 0 Å². The van der Waals surface area contributed by atoms with Crippen LogP contribution in [0.1, 0.15) is 48.8 Å². The van der Waals surface area contributed by atoms with Crippen molar-refractivity contribution in [2.45, 2.75) is 37.4 Å². The molecule has 5 nitrogen and oxygen atoms in total. The zero-order valence-electron chi connectivity index (χ0n) is 39.4. The molecule has 10 aromatic rings. The van der Waals surface area contributed by atoms with Crippen LogP contribution in [0.15, 0.2) is 200 Å². The minimum absolute atomic E-state index is 0. The molecule has 0 radical (unpaired) electrons. The van der Waals surface area contributed by atoms with E-state index in [0.717, 1.165) is 62.8 Å².